The van der Waals surface area contributed by atoms with Crippen molar-refractivity contribution in [3.63, 3.8) is 0 Å². The fraction of sp³-hybridized carbons (Fsp3) is 0.714. The van der Waals surface area contributed by atoms with E-state index in [1.54, 1.807) is 0 Å². The Morgan fingerprint density at radius 3 is 2.60 bits per heavy atom. The molecule has 0 aliphatic carbocycles. The molecular weight excluding hydrogens is 259 g/mol. The Balaban J connectivity index is 1.67. The van der Waals surface area contributed by atoms with Crippen LogP contribution in [0.5, 0.6) is 0 Å². The van der Waals surface area contributed by atoms with Crippen LogP contribution >= 0.6 is 0 Å². The van der Waals surface area contributed by atoms with Crippen molar-refractivity contribution in [2.45, 2.75) is 38.8 Å². The van der Waals surface area contributed by atoms with Crippen molar-refractivity contribution >= 4 is 5.95 Å². The van der Waals surface area contributed by atoms with E-state index in [-0.39, 0.29) is 0 Å². The summed E-state index contributed by atoms with van der Waals surface area (Å²) < 4.78 is 18.3. The summed E-state index contributed by atoms with van der Waals surface area (Å²) in [7, 11) is 0. The van der Waals surface area contributed by atoms with E-state index in [0.717, 1.165) is 39.1 Å². The molecule has 1 aliphatic heterocycles. The second-order valence-electron chi connectivity index (χ2n) is 5.40. The molecule has 0 atom stereocenters. The molecule has 2 rings (SSSR count). The maximum Gasteiger partial charge on any atom is 0.222 e. The van der Waals surface area contributed by atoms with Crippen LogP contribution in [0.4, 0.5) is 10.3 Å². The topological polar surface area (TPSA) is 50.3 Å². The highest BCUT2D eigenvalue weighted by atomic mass is 19.1. The lowest BCUT2D eigenvalue weighted by Crippen LogP contribution is -2.41. The van der Waals surface area contributed by atoms with Gasteiger partial charge in [0, 0.05) is 25.7 Å². The quantitative estimate of drug-likeness (QED) is 0.864. The fourth-order valence-electron chi connectivity index (χ4n) is 2.29. The third-order valence-electron chi connectivity index (χ3n) is 3.40. The van der Waals surface area contributed by atoms with Crippen LogP contribution in [0.2, 0.25) is 0 Å². The first-order valence-corrected chi connectivity index (χ1v) is 7.21. The Morgan fingerprint density at radius 1 is 1.35 bits per heavy atom. The van der Waals surface area contributed by atoms with Crippen LogP contribution in [0, 0.1) is 5.82 Å². The van der Waals surface area contributed by atoms with Crippen LogP contribution in [0.3, 0.4) is 0 Å². The Labute approximate surface area is 119 Å². The van der Waals surface area contributed by atoms with Gasteiger partial charge in [0.25, 0.3) is 0 Å². The molecule has 0 saturated carbocycles. The molecule has 1 aromatic heterocycles. The van der Waals surface area contributed by atoms with Gasteiger partial charge in [-0.1, -0.05) is 0 Å². The molecule has 2 heterocycles. The summed E-state index contributed by atoms with van der Waals surface area (Å²) in [6.45, 7) is 7.97. The lowest BCUT2D eigenvalue weighted by Gasteiger charge is -2.32. The predicted octanol–water partition coefficient (Wildman–Crippen LogP) is 1.92. The molecule has 1 N–H and O–H groups in total. The lowest BCUT2D eigenvalue weighted by atomic mass is 10.1. The van der Waals surface area contributed by atoms with Crippen molar-refractivity contribution in [1.82, 2.24) is 14.9 Å². The van der Waals surface area contributed by atoms with Gasteiger partial charge in [0.2, 0.25) is 5.95 Å². The number of hydrogen-bond donors (Lipinski definition) is 1. The maximum atomic E-state index is 12.7. The maximum absolute atomic E-state index is 12.7. The van der Waals surface area contributed by atoms with E-state index >= 15 is 0 Å². The largest absolute Gasteiger partial charge is 0.377 e. The third-order valence-corrected chi connectivity index (χ3v) is 3.40. The number of piperidine rings is 1. The fourth-order valence-corrected chi connectivity index (χ4v) is 2.29. The van der Waals surface area contributed by atoms with Crippen LogP contribution in [0.1, 0.15) is 26.7 Å². The standard InChI is InChI=1S/C14H23FN4O/c1-11(2)20-8-7-19-5-3-13(4-6-19)18-14-16-9-12(15)10-17-14/h9-11,13H,3-8H2,1-2H3,(H,16,17,18). The second kappa shape index (κ2) is 7.50. The van der Waals surface area contributed by atoms with E-state index in [1.165, 1.54) is 12.4 Å². The van der Waals surface area contributed by atoms with E-state index in [1.807, 2.05) is 0 Å². The molecule has 1 saturated heterocycles. The molecule has 1 aliphatic rings. The summed E-state index contributed by atoms with van der Waals surface area (Å²) in [5.41, 5.74) is 0. The smallest absolute Gasteiger partial charge is 0.222 e. The highest BCUT2D eigenvalue weighted by Crippen LogP contribution is 2.13. The van der Waals surface area contributed by atoms with Crippen molar-refractivity contribution in [1.29, 1.82) is 0 Å². The summed E-state index contributed by atoms with van der Waals surface area (Å²) in [4.78, 5) is 10.3. The second-order valence-corrected chi connectivity index (χ2v) is 5.40. The number of rotatable bonds is 6. The number of nitrogens with one attached hydrogen (secondary N) is 1. The number of anilines is 1. The number of likely N-dealkylation sites (tertiary alicyclic amines) is 1. The Hall–Kier alpha value is -1.27. The molecule has 0 bridgehead atoms. The zero-order valence-electron chi connectivity index (χ0n) is 12.2. The van der Waals surface area contributed by atoms with Gasteiger partial charge < -0.3 is 15.0 Å². The van der Waals surface area contributed by atoms with Crippen molar-refractivity contribution in [3.05, 3.63) is 18.2 Å². The first-order chi connectivity index (χ1) is 9.63. The average Bonchev–Trinajstić information content (AvgIpc) is 2.43. The van der Waals surface area contributed by atoms with Gasteiger partial charge >= 0.3 is 0 Å². The molecule has 5 nitrogen and oxygen atoms in total. The summed E-state index contributed by atoms with van der Waals surface area (Å²) in [5, 5.41) is 3.26. The third kappa shape index (κ3) is 5.02. The van der Waals surface area contributed by atoms with E-state index in [2.05, 4.69) is 34.0 Å². The lowest BCUT2D eigenvalue weighted by molar-refractivity contribution is 0.0543. The van der Waals surface area contributed by atoms with Gasteiger partial charge in [0.05, 0.1) is 25.1 Å². The number of nitrogens with zero attached hydrogens (tertiary/aromatic N) is 3. The summed E-state index contributed by atoms with van der Waals surface area (Å²) in [6, 6.07) is 0.364. The molecule has 1 aromatic rings. The molecule has 0 aromatic carbocycles. The Morgan fingerprint density at radius 2 is 2.00 bits per heavy atom. The molecule has 0 unspecified atom stereocenters. The monoisotopic (exact) mass is 282 g/mol. The summed E-state index contributed by atoms with van der Waals surface area (Å²) in [5.74, 6) is 0.100. The highest BCUT2D eigenvalue weighted by molar-refractivity contribution is 5.24. The van der Waals surface area contributed by atoms with Gasteiger partial charge in [-0.25, -0.2) is 14.4 Å². The van der Waals surface area contributed by atoms with E-state index in [0.29, 0.717) is 18.1 Å². The van der Waals surface area contributed by atoms with Crippen LogP contribution in [0.25, 0.3) is 0 Å². The minimum absolute atomic E-state index is 0.296. The summed E-state index contributed by atoms with van der Waals surface area (Å²) >= 11 is 0. The van der Waals surface area contributed by atoms with Crippen molar-refractivity contribution in [3.8, 4) is 0 Å². The minimum atomic E-state index is -0.407. The number of aromatic nitrogens is 2. The molecule has 1 fully saturated rings. The summed E-state index contributed by atoms with van der Waals surface area (Å²) in [6.07, 6.45) is 4.76. The molecule has 112 valence electrons. The number of hydrogen-bond acceptors (Lipinski definition) is 5. The molecule has 0 amide bonds. The van der Waals surface area contributed by atoms with Crippen LogP contribution in [0.15, 0.2) is 12.4 Å². The van der Waals surface area contributed by atoms with Crippen molar-refractivity contribution < 1.29 is 9.13 Å². The number of halogens is 1. The van der Waals surface area contributed by atoms with Gasteiger partial charge in [-0.2, -0.15) is 0 Å². The highest BCUT2D eigenvalue weighted by Gasteiger charge is 2.19. The normalized spacial score (nSPS) is 17.6. The first kappa shape index (κ1) is 15.1. The molecule has 20 heavy (non-hydrogen) atoms. The molecule has 0 radical (unpaired) electrons. The van der Waals surface area contributed by atoms with Gasteiger partial charge in [-0.05, 0) is 26.7 Å². The van der Waals surface area contributed by atoms with E-state index < -0.39 is 5.82 Å². The van der Waals surface area contributed by atoms with Gasteiger partial charge in [0.1, 0.15) is 0 Å². The molecule has 6 heteroatoms. The van der Waals surface area contributed by atoms with E-state index in [9.17, 15) is 4.39 Å². The van der Waals surface area contributed by atoms with Gasteiger partial charge in [-0.15, -0.1) is 0 Å². The van der Waals surface area contributed by atoms with Crippen molar-refractivity contribution in [2.24, 2.45) is 0 Å². The predicted molar refractivity (Wildman–Crippen MR) is 76.2 cm³/mol. The number of ether oxygens (including phenoxy) is 1. The SMILES string of the molecule is CC(C)OCCN1CCC(Nc2ncc(F)cn2)CC1. The minimum Gasteiger partial charge on any atom is -0.377 e. The Kier molecular flexibility index (Phi) is 5.67. The van der Waals surface area contributed by atoms with Crippen LogP contribution < -0.4 is 5.32 Å². The zero-order chi connectivity index (χ0) is 14.4. The molecule has 0 spiro atoms. The van der Waals surface area contributed by atoms with Crippen LogP contribution in [-0.4, -0.2) is 53.3 Å². The Bertz CT molecular complexity index is 391. The van der Waals surface area contributed by atoms with Gasteiger partial charge in [0.15, 0.2) is 5.82 Å². The average molecular weight is 282 g/mol. The zero-order valence-corrected chi connectivity index (χ0v) is 12.2. The van der Waals surface area contributed by atoms with Gasteiger partial charge in [-0.3, -0.25) is 0 Å². The molecular formula is C14H23FN4O. The van der Waals surface area contributed by atoms with Crippen LogP contribution in [-0.2, 0) is 4.74 Å². The first-order valence-electron chi connectivity index (χ1n) is 7.21. The van der Waals surface area contributed by atoms with Crippen molar-refractivity contribution in [2.75, 3.05) is 31.6 Å². The van der Waals surface area contributed by atoms with E-state index in [4.69, 9.17) is 4.74 Å².